The van der Waals surface area contributed by atoms with Gasteiger partial charge in [0, 0.05) is 86.6 Å². The summed E-state index contributed by atoms with van der Waals surface area (Å²) in [5.74, 6) is 2.36. The lowest BCUT2D eigenvalue weighted by Gasteiger charge is -2.21. The third-order valence-corrected chi connectivity index (χ3v) is 5.61. The molecule has 2 aromatic heterocycles. The van der Waals surface area contributed by atoms with Crippen molar-refractivity contribution in [2.45, 2.75) is 27.3 Å². The molecule has 0 N–H and O–H groups in total. The molecule has 0 bridgehead atoms. The zero-order chi connectivity index (χ0) is 28.1. The van der Waals surface area contributed by atoms with Crippen LogP contribution in [0.4, 0.5) is 0 Å². The maximum absolute atomic E-state index is 5.45. The molecule has 0 saturated carbocycles. The van der Waals surface area contributed by atoms with Gasteiger partial charge in [0.05, 0.1) is 39.8 Å². The van der Waals surface area contributed by atoms with Crippen molar-refractivity contribution < 1.29 is 45.0 Å². The fraction of sp³-hybridized carbons (Fsp3) is 0.704. The molecule has 9 nitrogen and oxygen atoms in total. The highest BCUT2D eigenvalue weighted by atomic mass is 35.5. The molecular weight excluding hydrogens is 563 g/mol. The van der Waals surface area contributed by atoms with Crippen molar-refractivity contribution in [3.05, 3.63) is 49.8 Å². The van der Waals surface area contributed by atoms with Crippen molar-refractivity contribution in [2.24, 2.45) is 31.8 Å². The van der Waals surface area contributed by atoms with Gasteiger partial charge in [-0.15, -0.1) is 11.6 Å². The maximum atomic E-state index is 5.45. The van der Waals surface area contributed by atoms with Gasteiger partial charge in [-0.3, -0.25) is 0 Å². The fourth-order valence-corrected chi connectivity index (χ4v) is 3.50. The fourth-order valence-electron chi connectivity index (χ4n) is 3.41. The highest BCUT2D eigenvalue weighted by Crippen LogP contribution is 2.07. The number of rotatable bonds is 11. The standard InChI is InChI=1S/C9H18N2O.C9H17N2O.C5H11ClO.C4H6N2.2ClH.H2/c2*1-9(7-12-3)6-11-5-4-10(2)8-11;1-5(3-6)4-7-2;1-6-3-2-5-4-6;;;/h4-5,9H,6-8H2,1-3H3;4-5,8-9H,6-7H2,1-3H3;5H,3-4H2,1-2H3;2-4H,1H3;3*1H/q;+1;;;;;/p-2/i;;;;;;1+1. The third-order valence-electron chi connectivity index (χ3n) is 5.08. The number of aryl methyl sites for hydroxylation is 2. The first-order chi connectivity index (χ1) is 17.6. The Morgan fingerprint density at radius 2 is 1.46 bits per heavy atom. The van der Waals surface area contributed by atoms with Gasteiger partial charge in [0.2, 0.25) is 6.33 Å². The van der Waals surface area contributed by atoms with E-state index in [0.29, 0.717) is 23.6 Å². The first-order valence-electron chi connectivity index (χ1n) is 12.7. The quantitative estimate of drug-likeness (QED) is 0.209. The van der Waals surface area contributed by atoms with Crippen molar-refractivity contribution in [2.75, 3.05) is 67.3 Å². The molecule has 0 amide bonds. The van der Waals surface area contributed by atoms with E-state index in [0.717, 1.165) is 39.6 Å². The molecule has 1 aliphatic rings. The van der Waals surface area contributed by atoms with Gasteiger partial charge >= 0.3 is 0 Å². The van der Waals surface area contributed by atoms with Crippen LogP contribution in [0.3, 0.4) is 0 Å². The molecule has 0 aromatic carbocycles. The van der Waals surface area contributed by atoms with Crippen LogP contribution in [-0.2, 0) is 34.9 Å². The summed E-state index contributed by atoms with van der Waals surface area (Å²) in [5.41, 5.74) is 0. The molecule has 1 aliphatic heterocycles. The van der Waals surface area contributed by atoms with Gasteiger partial charge in [-0.05, 0) is 11.8 Å². The lowest BCUT2D eigenvalue weighted by molar-refractivity contribution is -0.671. The number of nitrogens with zero attached hydrogens (tertiary/aromatic N) is 6. The normalized spacial score (nSPS) is 13.8. The Kier molecular flexibility index (Phi) is 28.8. The minimum absolute atomic E-state index is 0. The number of imidazole rings is 2. The van der Waals surface area contributed by atoms with Crippen LogP contribution >= 0.6 is 11.6 Å². The van der Waals surface area contributed by atoms with Crippen LogP contribution in [0.2, 0.25) is 0 Å². The molecule has 3 rings (SSSR count). The van der Waals surface area contributed by atoms with Crippen LogP contribution < -0.4 is 29.4 Å². The number of hydrogen-bond acceptors (Lipinski definition) is 6. The average Bonchev–Trinajstić information content (AvgIpc) is 3.59. The summed E-state index contributed by atoms with van der Waals surface area (Å²) in [5, 5.41) is 0. The first kappa shape index (κ1) is 42.0. The van der Waals surface area contributed by atoms with E-state index in [9.17, 15) is 0 Å². The lowest BCUT2D eigenvalue weighted by atomic mass is 10.2. The van der Waals surface area contributed by atoms with E-state index in [1.165, 1.54) is 0 Å². The molecule has 39 heavy (non-hydrogen) atoms. The zero-order valence-corrected chi connectivity index (χ0v) is 27.6. The monoisotopic (exact) mass is 616 g/mol. The number of halogens is 3. The summed E-state index contributed by atoms with van der Waals surface area (Å²) in [4.78, 5) is 8.25. The number of ether oxygens (including phenoxy) is 3. The van der Waals surface area contributed by atoms with Crippen LogP contribution in [0.5, 0.6) is 0 Å². The minimum atomic E-state index is 0. The Morgan fingerprint density at radius 1 is 0.897 bits per heavy atom. The molecule has 0 aliphatic carbocycles. The van der Waals surface area contributed by atoms with Crippen molar-refractivity contribution in [1.82, 2.24) is 23.9 Å². The molecule has 3 heterocycles. The van der Waals surface area contributed by atoms with Crippen LogP contribution in [0.15, 0.2) is 49.8 Å². The second-order valence-corrected chi connectivity index (χ2v) is 10.1. The summed E-state index contributed by atoms with van der Waals surface area (Å²) < 4.78 is 21.0. The molecule has 12 heteroatoms. The number of hydrogen-bond donors (Lipinski definition) is 0. The average molecular weight is 618 g/mol. The van der Waals surface area contributed by atoms with Crippen molar-refractivity contribution in [3.8, 4) is 0 Å². The Bertz CT molecular complexity index is 802. The molecular formula is C27H54Cl3N6O3-. The molecule has 0 saturated heterocycles. The second-order valence-electron chi connectivity index (χ2n) is 9.81. The zero-order valence-electron chi connectivity index (χ0n) is 25.3. The summed E-state index contributed by atoms with van der Waals surface area (Å²) in [6.45, 7) is 12.0. The highest BCUT2D eigenvalue weighted by Gasteiger charge is 2.11. The highest BCUT2D eigenvalue weighted by molar-refractivity contribution is 6.18. The molecule has 232 valence electrons. The van der Waals surface area contributed by atoms with Crippen molar-refractivity contribution in [3.63, 3.8) is 0 Å². The summed E-state index contributed by atoms with van der Waals surface area (Å²) in [6.07, 6.45) is 15.8. The Balaban J connectivity index is -0.000000219. The summed E-state index contributed by atoms with van der Waals surface area (Å²) >= 11 is 5.45. The van der Waals surface area contributed by atoms with E-state index in [1.807, 2.05) is 35.6 Å². The minimum Gasteiger partial charge on any atom is -1.00 e. The Hall–Kier alpha value is -1.49. The first-order valence-corrected chi connectivity index (χ1v) is 13.3. The maximum Gasteiger partial charge on any atom is 0.243 e. The molecule has 0 fully saturated rings. The van der Waals surface area contributed by atoms with E-state index in [2.05, 4.69) is 72.1 Å². The Morgan fingerprint density at radius 3 is 1.79 bits per heavy atom. The topological polar surface area (TPSA) is 60.8 Å². The van der Waals surface area contributed by atoms with Gasteiger partial charge in [0.1, 0.15) is 12.4 Å². The van der Waals surface area contributed by atoms with Gasteiger partial charge in [0.15, 0.2) is 0 Å². The van der Waals surface area contributed by atoms with E-state index in [4.69, 9.17) is 25.8 Å². The van der Waals surface area contributed by atoms with E-state index in [1.54, 1.807) is 33.9 Å². The molecule has 0 spiro atoms. The smallest absolute Gasteiger partial charge is 0.243 e. The van der Waals surface area contributed by atoms with Gasteiger partial charge in [-0.25, -0.2) is 14.1 Å². The molecule has 3 atom stereocenters. The third kappa shape index (κ3) is 24.1. The molecule has 3 unspecified atom stereocenters. The van der Waals surface area contributed by atoms with Gasteiger partial charge < -0.3 is 53.4 Å². The number of aromatic nitrogens is 4. The van der Waals surface area contributed by atoms with Gasteiger partial charge in [-0.2, -0.15) is 0 Å². The second kappa shape index (κ2) is 26.7. The number of methoxy groups -OCH3 is 3. The van der Waals surface area contributed by atoms with Gasteiger partial charge in [-0.1, -0.05) is 20.8 Å². The lowest BCUT2D eigenvalue weighted by Crippen LogP contribution is -3.00. The van der Waals surface area contributed by atoms with Crippen LogP contribution in [0.1, 0.15) is 22.2 Å². The van der Waals surface area contributed by atoms with E-state index < -0.39 is 0 Å². The van der Waals surface area contributed by atoms with Crippen molar-refractivity contribution >= 4 is 11.6 Å². The van der Waals surface area contributed by atoms with Crippen LogP contribution in [0, 0.1) is 17.8 Å². The predicted octanol–water partition coefficient (Wildman–Crippen LogP) is -2.28. The van der Waals surface area contributed by atoms with E-state index in [-0.39, 0.29) is 26.2 Å². The summed E-state index contributed by atoms with van der Waals surface area (Å²) in [6, 6.07) is 0. The van der Waals surface area contributed by atoms with Crippen LogP contribution in [0.25, 0.3) is 0 Å². The molecule has 0 radical (unpaired) electrons. The number of alkyl halides is 1. The van der Waals surface area contributed by atoms with E-state index >= 15 is 0 Å². The SMILES string of the molecule is COCC(C)CCl.COCC(C)CN1C=CN(C)C1.COCC(C)Cn1cc[n+](C)c1.Cn1ccnc1.[2HH].[Cl-].[Cl-]. The predicted molar refractivity (Wildman–Crippen MR) is 153 cm³/mol. The van der Waals surface area contributed by atoms with Crippen molar-refractivity contribution in [1.29, 1.82) is 0 Å². The Labute approximate surface area is 256 Å². The largest absolute Gasteiger partial charge is 1.00 e. The van der Waals surface area contributed by atoms with Gasteiger partial charge in [0.25, 0.3) is 0 Å². The van der Waals surface area contributed by atoms with Crippen LogP contribution in [-0.4, -0.2) is 91.2 Å². The molecule has 2 aromatic rings. The summed E-state index contributed by atoms with van der Waals surface area (Å²) in [7, 11) is 11.2.